The normalized spacial score (nSPS) is 11.5. The molecule has 2 rings (SSSR count). The molecule has 0 saturated carbocycles. The van der Waals surface area contributed by atoms with Gasteiger partial charge in [0, 0.05) is 12.6 Å². The number of nitrogens with zero attached hydrogens (tertiary/aromatic N) is 1. The maximum atomic E-state index is 11.8. The monoisotopic (exact) mass is 219 g/mol. The van der Waals surface area contributed by atoms with Crippen molar-refractivity contribution in [1.29, 1.82) is 0 Å². The first-order valence-corrected chi connectivity index (χ1v) is 5.52. The van der Waals surface area contributed by atoms with Crippen LogP contribution in [0, 0.1) is 0 Å². The van der Waals surface area contributed by atoms with Crippen molar-refractivity contribution < 1.29 is 0 Å². The van der Waals surface area contributed by atoms with Gasteiger partial charge in [-0.3, -0.25) is 4.57 Å². The molecule has 86 valence electrons. The maximum Gasteiger partial charge on any atom is 0.326 e. The number of aromatic amines is 1. The fraction of sp³-hybridized carbons (Fsp3) is 0.417. The smallest absolute Gasteiger partial charge is 0.316 e. The minimum atomic E-state index is -0.0337. The molecular weight excluding hydrogens is 202 g/mol. The van der Waals surface area contributed by atoms with E-state index in [0.717, 1.165) is 23.1 Å². The van der Waals surface area contributed by atoms with Crippen LogP contribution >= 0.6 is 0 Å². The Kier molecular flexibility index (Phi) is 2.83. The molecule has 0 aliphatic heterocycles. The molecule has 0 radical (unpaired) electrons. The van der Waals surface area contributed by atoms with E-state index in [1.807, 2.05) is 43.7 Å². The van der Waals surface area contributed by atoms with Gasteiger partial charge in [0.15, 0.2) is 0 Å². The zero-order valence-corrected chi connectivity index (χ0v) is 9.87. The molecule has 0 aliphatic rings. The molecular formula is C12H17N3O. The average Bonchev–Trinajstić information content (AvgIpc) is 2.55. The fourth-order valence-corrected chi connectivity index (χ4v) is 2.08. The van der Waals surface area contributed by atoms with Crippen molar-refractivity contribution in [2.75, 3.05) is 7.05 Å². The molecule has 2 aromatic rings. The summed E-state index contributed by atoms with van der Waals surface area (Å²) >= 11 is 0. The third-order valence-corrected chi connectivity index (χ3v) is 2.70. The largest absolute Gasteiger partial charge is 0.326 e. The third kappa shape index (κ3) is 1.65. The van der Waals surface area contributed by atoms with E-state index in [1.54, 1.807) is 0 Å². The number of hydrogen-bond donors (Lipinski definition) is 2. The third-order valence-electron chi connectivity index (χ3n) is 2.70. The molecule has 0 unspecified atom stereocenters. The molecule has 4 heteroatoms. The predicted molar refractivity (Wildman–Crippen MR) is 65.7 cm³/mol. The van der Waals surface area contributed by atoms with Gasteiger partial charge in [-0.1, -0.05) is 12.1 Å². The Morgan fingerprint density at radius 1 is 1.44 bits per heavy atom. The van der Waals surface area contributed by atoms with E-state index in [4.69, 9.17) is 0 Å². The van der Waals surface area contributed by atoms with Crippen molar-refractivity contribution in [2.24, 2.45) is 0 Å². The van der Waals surface area contributed by atoms with Crippen LogP contribution in [0.3, 0.4) is 0 Å². The van der Waals surface area contributed by atoms with Crippen LogP contribution in [-0.4, -0.2) is 16.6 Å². The molecule has 1 aromatic carbocycles. The van der Waals surface area contributed by atoms with Crippen molar-refractivity contribution in [2.45, 2.75) is 26.4 Å². The van der Waals surface area contributed by atoms with Crippen LogP contribution in [0.15, 0.2) is 23.0 Å². The topological polar surface area (TPSA) is 49.8 Å². The van der Waals surface area contributed by atoms with Crippen molar-refractivity contribution in [3.8, 4) is 0 Å². The lowest BCUT2D eigenvalue weighted by Crippen LogP contribution is -2.19. The van der Waals surface area contributed by atoms with Crippen LogP contribution < -0.4 is 11.0 Å². The standard InChI is InChI=1S/C12H17N3O/c1-8(2)15-11-9(7-13-3)5-4-6-10(11)14-12(15)16/h4-6,8,13H,7H2,1-3H3,(H,14,16). The summed E-state index contributed by atoms with van der Waals surface area (Å²) in [6.45, 7) is 4.80. The molecule has 0 bridgehead atoms. The van der Waals surface area contributed by atoms with E-state index in [-0.39, 0.29) is 11.7 Å². The summed E-state index contributed by atoms with van der Waals surface area (Å²) in [4.78, 5) is 14.7. The van der Waals surface area contributed by atoms with Gasteiger partial charge in [-0.15, -0.1) is 0 Å². The molecule has 1 aromatic heterocycles. The highest BCUT2D eigenvalue weighted by Gasteiger charge is 2.12. The highest BCUT2D eigenvalue weighted by Crippen LogP contribution is 2.18. The average molecular weight is 219 g/mol. The lowest BCUT2D eigenvalue weighted by molar-refractivity contribution is 0.595. The van der Waals surface area contributed by atoms with Crippen LogP contribution in [-0.2, 0) is 6.54 Å². The molecule has 16 heavy (non-hydrogen) atoms. The van der Waals surface area contributed by atoms with E-state index in [0.29, 0.717) is 0 Å². The quantitative estimate of drug-likeness (QED) is 0.824. The second-order valence-electron chi connectivity index (χ2n) is 4.24. The Bertz CT molecular complexity index is 551. The summed E-state index contributed by atoms with van der Waals surface area (Å²) < 4.78 is 1.81. The minimum absolute atomic E-state index is 0.0337. The van der Waals surface area contributed by atoms with Crippen LogP contribution in [0.2, 0.25) is 0 Å². The van der Waals surface area contributed by atoms with Gasteiger partial charge in [0.25, 0.3) is 0 Å². The number of imidazole rings is 1. The van der Waals surface area contributed by atoms with Crippen LogP contribution in [0.5, 0.6) is 0 Å². The summed E-state index contributed by atoms with van der Waals surface area (Å²) in [7, 11) is 1.91. The van der Waals surface area contributed by atoms with Gasteiger partial charge in [-0.2, -0.15) is 0 Å². The summed E-state index contributed by atoms with van der Waals surface area (Å²) in [5.41, 5.74) is 3.03. The Balaban J connectivity index is 2.77. The zero-order valence-electron chi connectivity index (χ0n) is 9.87. The van der Waals surface area contributed by atoms with Crippen molar-refractivity contribution in [3.63, 3.8) is 0 Å². The first-order valence-electron chi connectivity index (χ1n) is 5.52. The Morgan fingerprint density at radius 2 is 2.19 bits per heavy atom. The van der Waals surface area contributed by atoms with E-state index < -0.39 is 0 Å². The van der Waals surface area contributed by atoms with Crippen LogP contribution in [0.25, 0.3) is 11.0 Å². The summed E-state index contributed by atoms with van der Waals surface area (Å²) in [6, 6.07) is 6.12. The van der Waals surface area contributed by atoms with Crippen molar-refractivity contribution in [3.05, 3.63) is 34.2 Å². The number of hydrogen-bond acceptors (Lipinski definition) is 2. The first-order chi connectivity index (χ1) is 7.65. The number of fused-ring (bicyclic) bond motifs is 1. The van der Waals surface area contributed by atoms with Crippen LogP contribution in [0.4, 0.5) is 0 Å². The molecule has 1 heterocycles. The van der Waals surface area contributed by atoms with Crippen LogP contribution in [0.1, 0.15) is 25.5 Å². The number of aromatic nitrogens is 2. The van der Waals surface area contributed by atoms with Gasteiger partial charge in [-0.25, -0.2) is 4.79 Å². The van der Waals surface area contributed by atoms with Crippen molar-refractivity contribution in [1.82, 2.24) is 14.9 Å². The second-order valence-corrected chi connectivity index (χ2v) is 4.24. The van der Waals surface area contributed by atoms with Crippen molar-refractivity contribution >= 4 is 11.0 Å². The maximum absolute atomic E-state index is 11.8. The number of para-hydroxylation sites is 1. The SMILES string of the molecule is CNCc1cccc2[nH]c(=O)n(C(C)C)c12. The second kappa shape index (κ2) is 4.14. The number of rotatable bonds is 3. The van der Waals surface area contributed by atoms with E-state index >= 15 is 0 Å². The molecule has 4 nitrogen and oxygen atoms in total. The first kappa shape index (κ1) is 11.0. The zero-order chi connectivity index (χ0) is 11.7. The Hall–Kier alpha value is -1.55. The number of H-pyrrole nitrogens is 1. The summed E-state index contributed by atoms with van der Waals surface area (Å²) in [5.74, 6) is 0. The molecule has 0 fully saturated rings. The lowest BCUT2D eigenvalue weighted by atomic mass is 10.1. The van der Waals surface area contributed by atoms with E-state index in [2.05, 4.69) is 10.3 Å². The predicted octanol–water partition coefficient (Wildman–Crippen LogP) is 1.63. The number of benzene rings is 1. The van der Waals surface area contributed by atoms with Gasteiger partial charge in [0.1, 0.15) is 0 Å². The molecule has 0 atom stereocenters. The highest BCUT2D eigenvalue weighted by atomic mass is 16.1. The lowest BCUT2D eigenvalue weighted by Gasteiger charge is -2.10. The molecule has 0 saturated heterocycles. The van der Waals surface area contributed by atoms with Gasteiger partial charge in [-0.05, 0) is 32.5 Å². The Morgan fingerprint density at radius 3 is 2.81 bits per heavy atom. The molecule has 0 amide bonds. The fourth-order valence-electron chi connectivity index (χ4n) is 2.08. The summed E-state index contributed by atoms with van der Waals surface area (Å²) in [5, 5.41) is 3.12. The summed E-state index contributed by atoms with van der Waals surface area (Å²) in [6.07, 6.45) is 0. The minimum Gasteiger partial charge on any atom is -0.316 e. The van der Waals surface area contributed by atoms with Gasteiger partial charge in [0.2, 0.25) is 0 Å². The van der Waals surface area contributed by atoms with Gasteiger partial charge in [0.05, 0.1) is 11.0 Å². The molecule has 0 aliphatic carbocycles. The van der Waals surface area contributed by atoms with Gasteiger partial charge < -0.3 is 10.3 Å². The molecule has 2 N–H and O–H groups in total. The highest BCUT2D eigenvalue weighted by molar-refractivity contribution is 5.79. The van der Waals surface area contributed by atoms with E-state index in [1.165, 1.54) is 0 Å². The Labute approximate surface area is 94.3 Å². The molecule has 0 spiro atoms. The number of nitrogens with one attached hydrogen (secondary N) is 2. The van der Waals surface area contributed by atoms with Gasteiger partial charge >= 0.3 is 5.69 Å². The van der Waals surface area contributed by atoms with E-state index in [9.17, 15) is 4.79 Å².